The Bertz CT molecular complexity index is 594. The summed E-state index contributed by atoms with van der Waals surface area (Å²) in [6.07, 6.45) is 4.97. The zero-order valence-corrected chi connectivity index (χ0v) is 14.7. The minimum atomic E-state index is 0.244. The van der Waals surface area contributed by atoms with Gasteiger partial charge in [0, 0.05) is 32.1 Å². The number of anilines is 2. The van der Waals surface area contributed by atoms with Crippen molar-refractivity contribution in [3.05, 3.63) is 24.3 Å². The van der Waals surface area contributed by atoms with Gasteiger partial charge in [-0.1, -0.05) is 25.5 Å². The normalized spacial score (nSPS) is 29.9. The van der Waals surface area contributed by atoms with E-state index in [2.05, 4.69) is 40.2 Å². The third-order valence-electron chi connectivity index (χ3n) is 6.40. The number of benzene rings is 1. The molecular weight excluding hydrogens is 298 g/mol. The Hall–Kier alpha value is -1.55. The molecule has 0 radical (unpaired) electrons. The molecule has 3 atom stereocenters. The number of hydrogen-bond acceptors (Lipinski definition) is 3. The number of fused-ring (bicyclic) bond motifs is 2. The zero-order chi connectivity index (χ0) is 16.5. The molecule has 0 spiro atoms. The Balaban J connectivity index is 1.45. The molecule has 1 aromatic rings. The number of likely N-dealkylation sites (N-methyl/N-ethyl adjacent to an activating group) is 1. The lowest BCUT2D eigenvalue weighted by molar-refractivity contribution is -0.121. The van der Waals surface area contributed by atoms with Gasteiger partial charge in [-0.25, -0.2) is 0 Å². The summed E-state index contributed by atoms with van der Waals surface area (Å²) in [5.74, 6) is 1.94. The van der Waals surface area contributed by atoms with Crippen LogP contribution in [-0.2, 0) is 4.79 Å². The van der Waals surface area contributed by atoms with Gasteiger partial charge in [-0.3, -0.25) is 4.79 Å². The summed E-state index contributed by atoms with van der Waals surface area (Å²) in [6.45, 7) is 7.62. The molecule has 1 aliphatic heterocycles. The first kappa shape index (κ1) is 15.9. The molecule has 1 N–H and O–H groups in total. The molecule has 4 rings (SSSR count). The highest BCUT2D eigenvalue weighted by Crippen LogP contribution is 2.48. The summed E-state index contributed by atoms with van der Waals surface area (Å²) in [5, 5.41) is 3.27. The number of carbonyl (C=O) groups is 1. The van der Waals surface area contributed by atoms with Crippen molar-refractivity contribution in [2.24, 2.45) is 17.8 Å². The van der Waals surface area contributed by atoms with Crippen molar-refractivity contribution in [2.75, 3.05) is 42.9 Å². The van der Waals surface area contributed by atoms with Crippen molar-refractivity contribution in [1.29, 1.82) is 0 Å². The quantitative estimate of drug-likeness (QED) is 0.922. The molecule has 2 saturated carbocycles. The van der Waals surface area contributed by atoms with Crippen molar-refractivity contribution in [1.82, 2.24) is 4.90 Å². The first-order valence-corrected chi connectivity index (χ1v) is 9.61. The van der Waals surface area contributed by atoms with Crippen molar-refractivity contribution in [3.8, 4) is 0 Å². The van der Waals surface area contributed by atoms with Gasteiger partial charge in [-0.05, 0) is 49.8 Å². The minimum absolute atomic E-state index is 0.244. The molecule has 130 valence electrons. The first-order chi connectivity index (χ1) is 11.7. The van der Waals surface area contributed by atoms with Crippen LogP contribution in [0.4, 0.5) is 11.4 Å². The third-order valence-corrected chi connectivity index (χ3v) is 6.40. The summed E-state index contributed by atoms with van der Waals surface area (Å²) in [5.41, 5.74) is 2.18. The molecular formula is C20H29N3O. The molecule has 24 heavy (non-hydrogen) atoms. The molecule has 1 saturated heterocycles. The van der Waals surface area contributed by atoms with E-state index in [0.717, 1.165) is 50.7 Å². The summed E-state index contributed by atoms with van der Waals surface area (Å²) in [6, 6.07) is 8.32. The van der Waals surface area contributed by atoms with Gasteiger partial charge >= 0.3 is 0 Å². The standard InChI is InChI=1S/C20H29N3O/c1-2-22-9-11-23(12-10-22)19-6-4-3-5-18(19)21-20(24)17-14-15-7-8-16(17)13-15/h3-6,15-17H,2,7-14H2,1H3,(H,21,24). The van der Waals surface area contributed by atoms with Crippen LogP contribution in [0.3, 0.4) is 0 Å². The Morgan fingerprint density at radius 1 is 1.12 bits per heavy atom. The predicted molar refractivity (Wildman–Crippen MR) is 98.3 cm³/mol. The lowest BCUT2D eigenvalue weighted by Crippen LogP contribution is -2.46. The number of nitrogens with one attached hydrogen (secondary N) is 1. The Morgan fingerprint density at radius 3 is 2.58 bits per heavy atom. The Labute approximate surface area is 145 Å². The van der Waals surface area contributed by atoms with Crippen LogP contribution >= 0.6 is 0 Å². The van der Waals surface area contributed by atoms with E-state index in [0.29, 0.717) is 5.92 Å². The number of nitrogens with zero attached hydrogens (tertiary/aromatic N) is 2. The second-order valence-electron chi connectivity index (χ2n) is 7.71. The maximum Gasteiger partial charge on any atom is 0.227 e. The van der Waals surface area contributed by atoms with E-state index in [-0.39, 0.29) is 11.8 Å². The van der Waals surface area contributed by atoms with E-state index < -0.39 is 0 Å². The fraction of sp³-hybridized carbons (Fsp3) is 0.650. The highest BCUT2D eigenvalue weighted by atomic mass is 16.1. The predicted octanol–water partition coefficient (Wildman–Crippen LogP) is 3.20. The van der Waals surface area contributed by atoms with Gasteiger partial charge in [0.25, 0.3) is 0 Å². The van der Waals surface area contributed by atoms with Gasteiger partial charge in [-0.15, -0.1) is 0 Å². The van der Waals surface area contributed by atoms with Crippen molar-refractivity contribution in [2.45, 2.75) is 32.6 Å². The Kier molecular flexibility index (Phi) is 4.49. The van der Waals surface area contributed by atoms with Crippen LogP contribution in [0.25, 0.3) is 0 Å². The van der Waals surface area contributed by atoms with Crippen molar-refractivity contribution >= 4 is 17.3 Å². The smallest absolute Gasteiger partial charge is 0.227 e. The third kappa shape index (κ3) is 3.04. The Morgan fingerprint density at radius 2 is 1.92 bits per heavy atom. The topological polar surface area (TPSA) is 35.6 Å². The van der Waals surface area contributed by atoms with Gasteiger partial charge in [0.05, 0.1) is 11.4 Å². The minimum Gasteiger partial charge on any atom is -0.367 e. The van der Waals surface area contributed by atoms with Gasteiger partial charge in [0.1, 0.15) is 0 Å². The maximum atomic E-state index is 12.8. The second-order valence-corrected chi connectivity index (χ2v) is 7.71. The number of piperazine rings is 1. The molecule has 1 aromatic carbocycles. The molecule has 0 aromatic heterocycles. The summed E-state index contributed by atoms with van der Waals surface area (Å²) < 4.78 is 0. The van der Waals surface area contributed by atoms with Crippen LogP contribution in [0.5, 0.6) is 0 Å². The molecule has 1 amide bonds. The van der Waals surface area contributed by atoms with Crippen LogP contribution in [0.2, 0.25) is 0 Å². The molecule has 2 bridgehead atoms. The first-order valence-electron chi connectivity index (χ1n) is 9.61. The summed E-state index contributed by atoms with van der Waals surface area (Å²) in [7, 11) is 0. The molecule has 4 heteroatoms. The highest BCUT2D eigenvalue weighted by molar-refractivity contribution is 5.96. The van der Waals surface area contributed by atoms with Crippen LogP contribution in [0.15, 0.2) is 24.3 Å². The van der Waals surface area contributed by atoms with E-state index in [9.17, 15) is 4.79 Å². The lowest BCUT2D eigenvalue weighted by Gasteiger charge is -2.36. The maximum absolute atomic E-state index is 12.8. The van der Waals surface area contributed by atoms with Gasteiger partial charge in [0.2, 0.25) is 5.91 Å². The number of rotatable bonds is 4. The van der Waals surface area contributed by atoms with Gasteiger partial charge in [0.15, 0.2) is 0 Å². The van der Waals surface area contributed by atoms with Crippen molar-refractivity contribution in [3.63, 3.8) is 0 Å². The van der Waals surface area contributed by atoms with Gasteiger partial charge < -0.3 is 15.1 Å². The van der Waals surface area contributed by atoms with Crippen LogP contribution in [-0.4, -0.2) is 43.5 Å². The summed E-state index contributed by atoms with van der Waals surface area (Å²) >= 11 is 0. The molecule has 3 aliphatic rings. The highest BCUT2D eigenvalue weighted by Gasteiger charge is 2.43. The van der Waals surface area contributed by atoms with E-state index >= 15 is 0 Å². The van der Waals surface area contributed by atoms with E-state index in [4.69, 9.17) is 0 Å². The lowest BCUT2D eigenvalue weighted by atomic mass is 9.88. The molecule has 4 nitrogen and oxygen atoms in total. The van der Waals surface area contributed by atoms with Crippen LogP contribution in [0, 0.1) is 17.8 Å². The average Bonchev–Trinajstić information content (AvgIpc) is 3.26. The molecule has 2 aliphatic carbocycles. The molecule has 3 fully saturated rings. The molecule has 3 unspecified atom stereocenters. The van der Waals surface area contributed by atoms with Gasteiger partial charge in [-0.2, -0.15) is 0 Å². The van der Waals surface area contributed by atoms with E-state index in [1.165, 1.54) is 24.9 Å². The SMILES string of the molecule is CCN1CCN(c2ccccc2NC(=O)C2CC3CCC2C3)CC1. The number of para-hydroxylation sites is 2. The number of amides is 1. The zero-order valence-electron chi connectivity index (χ0n) is 14.7. The second kappa shape index (κ2) is 6.75. The average molecular weight is 327 g/mol. The van der Waals surface area contributed by atoms with Crippen LogP contribution < -0.4 is 10.2 Å². The van der Waals surface area contributed by atoms with Crippen molar-refractivity contribution < 1.29 is 4.79 Å². The fourth-order valence-corrected chi connectivity index (χ4v) is 4.95. The summed E-state index contributed by atoms with van der Waals surface area (Å²) in [4.78, 5) is 17.7. The number of carbonyl (C=O) groups excluding carboxylic acids is 1. The monoisotopic (exact) mass is 327 g/mol. The fourth-order valence-electron chi connectivity index (χ4n) is 4.95. The van der Waals surface area contributed by atoms with Crippen LogP contribution in [0.1, 0.15) is 32.6 Å². The largest absolute Gasteiger partial charge is 0.367 e. The molecule has 1 heterocycles. The van der Waals surface area contributed by atoms with E-state index in [1.807, 2.05) is 6.07 Å². The van der Waals surface area contributed by atoms with E-state index in [1.54, 1.807) is 0 Å². The number of hydrogen-bond donors (Lipinski definition) is 1.